The van der Waals surface area contributed by atoms with Gasteiger partial charge in [0.05, 0.1) is 5.69 Å². The van der Waals surface area contributed by atoms with Crippen molar-refractivity contribution in [3.05, 3.63) is 76.6 Å². The number of hydrogen-bond donors (Lipinski definition) is 1. The van der Waals surface area contributed by atoms with E-state index in [4.69, 9.17) is 11.6 Å². The molecule has 0 spiro atoms. The fourth-order valence-electron chi connectivity index (χ4n) is 3.81. The van der Waals surface area contributed by atoms with Crippen molar-refractivity contribution < 1.29 is 4.79 Å². The molecular formula is C23H22ClN3O. The summed E-state index contributed by atoms with van der Waals surface area (Å²) in [6, 6.07) is 13.6. The number of urea groups is 1. The number of rotatable bonds is 2. The molecule has 4 rings (SSSR count). The molecule has 2 heterocycles. The highest BCUT2D eigenvalue weighted by Crippen LogP contribution is 2.35. The van der Waals surface area contributed by atoms with Gasteiger partial charge in [-0.25, -0.2) is 4.79 Å². The van der Waals surface area contributed by atoms with E-state index >= 15 is 0 Å². The average Bonchev–Trinajstić information content (AvgIpc) is 2.99. The number of pyridine rings is 1. The van der Waals surface area contributed by atoms with Crippen molar-refractivity contribution in [3.63, 3.8) is 0 Å². The van der Waals surface area contributed by atoms with E-state index < -0.39 is 0 Å². The van der Waals surface area contributed by atoms with Crippen LogP contribution in [-0.4, -0.2) is 17.1 Å². The van der Waals surface area contributed by atoms with Crippen molar-refractivity contribution in [2.45, 2.75) is 33.2 Å². The summed E-state index contributed by atoms with van der Waals surface area (Å²) in [4.78, 5) is 19.1. The van der Waals surface area contributed by atoms with Gasteiger partial charge in [0.25, 0.3) is 0 Å². The zero-order valence-corrected chi connectivity index (χ0v) is 16.9. The van der Waals surface area contributed by atoms with Crippen LogP contribution >= 0.6 is 11.6 Å². The van der Waals surface area contributed by atoms with Crippen molar-refractivity contribution in [1.82, 2.24) is 4.98 Å². The molecule has 0 saturated carbocycles. The Balaban J connectivity index is 1.64. The van der Waals surface area contributed by atoms with Crippen LogP contribution < -0.4 is 10.2 Å². The molecule has 2 aromatic carbocycles. The van der Waals surface area contributed by atoms with Crippen molar-refractivity contribution in [2.24, 2.45) is 0 Å². The normalized spacial score (nSPS) is 15.4. The standard InChI is InChI=1S/C23H22ClN3O/c1-14-4-7-19(12-20(14)21-13-25-9-8-15(21)2)26-23(28)27-16(3)10-17-5-6-18(24)11-22(17)27/h4-9,11-13,16H,10H2,1-3H3,(H,26,28). The van der Waals surface area contributed by atoms with E-state index in [-0.39, 0.29) is 12.1 Å². The van der Waals surface area contributed by atoms with Crippen molar-refractivity contribution in [3.8, 4) is 11.1 Å². The largest absolute Gasteiger partial charge is 0.326 e. The molecule has 0 radical (unpaired) electrons. The van der Waals surface area contributed by atoms with Crippen LogP contribution in [0.1, 0.15) is 23.6 Å². The second-order valence-electron chi connectivity index (χ2n) is 7.35. The van der Waals surface area contributed by atoms with Crippen LogP contribution in [0.25, 0.3) is 11.1 Å². The Morgan fingerprint density at radius 2 is 1.89 bits per heavy atom. The summed E-state index contributed by atoms with van der Waals surface area (Å²) < 4.78 is 0. The molecule has 1 aliphatic rings. The summed E-state index contributed by atoms with van der Waals surface area (Å²) in [5.41, 5.74) is 7.22. The maximum absolute atomic E-state index is 13.1. The molecule has 1 atom stereocenters. The minimum absolute atomic E-state index is 0.0824. The molecule has 0 saturated heterocycles. The maximum atomic E-state index is 13.1. The predicted octanol–water partition coefficient (Wildman–Crippen LogP) is 6.00. The molecule has 5 heteroatoms. The first kappa shape index (κ1) is 18.5. The van der Waals surface area contributed by atoms with E-state index in [0.717, 1.165) is 45.6 Å². The van der Waals surface area contributed by atoms with Gasteiger partial charge in [-0.15, -0.1) is 0 Å². The lowest BCUT2D eigenvalue weighted by Gasteiger charge is -2.23. The van der Waals surface area contributed by atoms with Gasteiger partial charge in [-0.05, 0) is 79.8 Å². The van der Waals surface area contributed by atoms with E-state index in [2.05, 4.69) is 24.1 Å². The lowest BCUT2D eigenvalue weighted by atomic mass is 9.98. The average molecular weight is 392 g/mol. The van der Waals surface area contributed by atoms with Crippen molar-refractivity contribution in [2.75, 3.05) is 10.2 Å². The number of nitrogens with one attached hydrogen (secondary N) is 1. The molecule has 1 unspecified atom stereocenters. The molecule has 1 N–H and O–H groups in total. The molecule has 0 bridgehead atoms. The number of nitrogens with zero attached hydrogens (tertiary/aromatic N) is 2. The fourth-order valence-corrected chi connectivity index (χ4v) is 3.98. The highest BCUT2D eigenvalue weighted by atomic mass is 35.5. The summed E-state index contributed by atoms with van der Waals surface area (Å²) in [5, 5.41) is 3.69. The Hall–Kier alpha value is -2.85. The van der Waals surface area contributed by atoms with Crippen LogP contribution in [0.2, 0.25) is 5.02 Å². The van der Waals surface area contributed by atoms with Gasteiger partial charge in [-0.2, -0.15) is 0 Å². The summed E-state index contributed by atoms with van der Waals surface area (Å²) in [7, 11) is 0. The second kappa shape index (κ2) is 7.28. The SMILES string of the molecule is Cc1ccncc1-c1cc(NC(=O)N2c3cc(Cl)ccc3CC2C)ccc1C. The number of hydrogen-bond acceptors (Lipinski definition) is 2. The first-order valence-corrected chi connectivity index (χ1v) is 9.72. The van der Waals surface area contributed by atoms with Crippen LogP contribution in [0, 0.1) is 13.8 Å². The third-order valence-electron chi connectivity index (χ3n) is 5.30. The summed E-state index contributed by atoms with van der Waals surface area (Å²) >= 11 is 6.16. The van der Waals surface area contributed by atoms with E-state index in [0.29, 0.717) is 5.02 Å². The third kappa shape index (κ3) is 3.36. The number of anilines is 2. The number of carbonyl (C=O) groups excluding carboxylic acids is 1. The molecule has 3 aromatic rings. The molecular weight excluding hydrogens is 370 g/mol. The first-order valence-electron chi connectivity index (χ1n) is 9.34. The topological polar surface area (TPSA) is 45.2 Å². The minimum atomic E-state index is -0.147. The molecule has 4 nitrogen and oxygen atoms in total. The number of aryl methyl sites for hydroxylation is 2. The zero-order valence-electron chi connectivity index (χ0n) is 16.2. The number of aromatic nitrogens is 1. The molecule has 0 aliphatic carbocycles. The van der Waals surface area contributed by atoms with Crippen LogP contribution in [0.4, 0.5) is 16.2 Å². The van der Waals surface area contributed by atoms with E-state index in [1.54, 1.807) is 11.1 Å². The monoisotopic (exact) mass is 391 g/mol. The van der Waals surface area contributed by atoms with Gasteiger partial charge in [-0.3, -0.25) is 9.88 Å². The maximum Gasteiger partial charge on any atom is 0.326 e. The summed E-state index contributed by atoms with van der Waals surface area (Å²) in [6.07, 6.45) is 4.48. The van der Waals surface area contributed by atoms with Gasteiger partial charge >= 0.3 is 6.03 Å². The third-order valence-corrected chi connectivity index (χ3v) is 5.53. The highest BCUT2D eigenvalue weighted by molar-refractivity contribution is 6.31. The quantitative estimate of drug-likeness (QED) is 0.582. The van der Waals surface area contributed by atoms with E-state index in [1.807, 2.05) is 55.6 Å². The Morgan fingerprint density at radius 3 is 2.68 bits per heavy atom. The minimum Gasteiger partial charge on any atom is -0.308 e. The smallest absolute Gasteiger partial charge is 0.308 e. The van der Waals surface area contributed by atoms with Gasteiger partial charge in [0.15, 0.2) is 0 Å². The van der Waals surface area contributed by atoms with Gasteiger partial charge < -0.3 is 5.32 Å². The Labute approximate surface area is 170 Å². The summed E-state index contributed by atoms with van der Waals surface area (Å²) in [6.45, 7) is 6.18. The predicted molar refractivity (Wildman–Crippen MR) is 115 cm³/mol. The zero-order chi connectivity index (χ0) is 19.8. The Kier molecular flexibility index (Phi) is 4.82. The van der Waals surface area contributed by atoms with Crippen molar-refractivity contribution >= 4 is 29.0 Å². The van der Waals surface area contributed by atoms with Gasteiger partial charge in [-0.1, -0.05) is 23.7 Å². The first-order chi connectivity index (χ1) is 13.4. The van der Waals surface area contributed by atoms with Crippen LogP contribution in [0.3, 0.4) is 0 Å². The van der Waals surface area contributed by atoms with Gasteiger partial charge in [0.1, 0.15) is 0 Å². The second-order valence-corrected chi connectivity index (χ2v) is 7.78. The Morgan fingerprint density at radius 1 is 1.11 bits per heavy atom. The van der Waals surface area contributed by atoms with Crippen LogP contribution in [0.5, 0.6) is 0 Å². The van der Waals surface area contributed by atoms with Crippen molar-refractivity contribution in [1.29, 1.82) is 0 Å². The molecule has 1 aliphatic heterocycles. The van der Waals surface area contributed by atoms with Gasteiger partial charge in [0.2, 0.25) is 0 Å². The van der Waals surface area contributed by atoms with E-state index in [9.17, 15) is 4.79 Å². The number of benzene rings is 2. The fraction of sp³-hybridized carbons (Fsp3) is 0.217. The van der Waals surface area contributed by atoms with E-state index in [1.165, 1.54) is 0 Å². The number of halogens is 1. The number of fused-ring (bicyclic) bond motifs is 1. The van der Waals surface area contributed by atoms with Gasteiger partial charge in [0, 0.05) is 34.7 Å². The number of amides is 2. The Bertz CT molecular complexity index is 1060. The molecule has 1 aromatic heterocycles. The molecule has 2 amide bonds. The summed E-state index contributed by atoms with van der Waals surface area (Å²) in [5.74, 6) is 0. The van der Waals surface area contributed by atoms with Crippen LogP contribution in [0.15, 0.2) is 54.9 Å². The van der Waals surface area contributed by atoms with Crippen LogP contribution in [-0.2, 0) is 6.42 Å². The molecule has 0 fully saturated rings. The lowest BCUT2D eigenvalue weighted by molar-refractivity contribution is 0.256. The lowest BCUT2D eigenvalue weighted by Crippen LogP contribution is -2.39. The number of carbonyl (C=O) groups is 1. The molecule has 142 valence electrons. The highest BCUT2D eigenvalue weighted by Gasteiger charge is 2.31. The molecule has 28 heavy (non-hydrogen) atoms.